The zero-order valence-corrected chi connectivity index (χ0v) is 16.9. The van der Waals surface area contributed by atoms with Crippen LogP contribution in [0.15, 0.2) is 28.7 Å². The van der Waals surface area contributed by atoms with Gasteiger partial charge in [-0.25, -0.2) is 0 Å². The number of halogens is 1. The largest absolute Gasteiger partial charge is 0.338 e. The van der Waals surface area contributed by atoms with Crippen molar-refractivity contribution in [2.45, 2.75) is 51.1 Å². The van der Waals surface area contributed by atoms with Gasteiger partial charge in [0.05, 0.1) is 12.7 Å². The summed E-state index contributed by atoms with van der Waals surface area (Å²) in [5.74, 6) is 0.0301. The Morgan fingerprint density at radius 3 is 2.56 bits per heavy atom. The van der Waals surface area contributed by atoms with Crippen LogP contribution in [-0.4, -0.2) is 49.4 Å². The van der Waals surface area contributed by atoms with Gasteiger partial charge in [-0.05, 0) is 47.8 Å². The molecule has 0 aromatic heterocycles. The molecule has 0 spiro atoms. The van der Waals surface area contributed by atoms with Gasteiger partial charge in [0.25, 0.3) is 11.8 Å². The molecule has 1 fully saturated rings. The number of carbonyl (C=O) groups excluding carboxylic acids is 2. The summed E-state index contributed by atoms with van der Waals surface area (Å²) in [6, 6.07) is 7.63. The van der Waals surface area contributed by atoms with E-state index in [0.717, 1.165) is 27.9 Å². The van der Waals surface area contributed by atoms with Crippen LogP contribution in [0.4, 0.5) is 5.69 Å². The number of quaternary nitrogens is 1. The van der Waals surface area contributed by atoms with E-state index in [1.807, 2.05) is 50.2 Å². The van der Waals surface area contributed by atoms with Gasteiger partial charge >= 0.3 is 0 Å². The minimum Gasteiger partial charge on any atom is -0.338 e. The highest BCUT2D eigenvalue weighted by Gasteiger charge is 2.30. The van der Waals surface area contributed by atoms with E-state index in [2.05, 4.69) is 21.2 Å². The number of para-hydroxylation sites is 1. The maximum atomic E-state index is 12.7. The second-order valence-corrected chi connectivity index (χ2v) is 7.87. The highest BCUT2D eigenvalue weighted by atomic mass is 79.9. The molecule has 5 nitrogen and oxygen atoms in total. The van der Waals surface area contributed by atoms with Crippen LogP contribution in [0.3, 0.4) is 0 Å². The Balaban J connectivity index is 1.88. The summed E-state index contributed by atoms with van der Waals surface area (Å²) in [5, 5.41) is 2.90. The fourth-order valence-electron chi connectivity index (χ4n) is 3.33. The summed E-state index contributed by atoms with van der Waals surface area (Å²) in [5.41, 5.74) is 0.749. The van der Waals surface area contributed by atoms with E-state index in [0.29, 0.717) is 6.04 Å². The molecule has 0 saturated heterocycles. The van der Waals surface area contributed by atoms with Gasteiger partial charge in [-0.15, -0.1) is 0 Å². The van der Waals surface area contributed by atoms with Crippen molar-refractivity contribution < 1.29 is 14.5 Å². The number of benzene rings is 1. The van der Waals surface area contributed by atoms with Gasteiger partial charge in [0, 0.05) is 17.6 Å². The molecule has 1 aliphatic carbocycles. The smallest absolute Gasteiger partial charge is 0.280 e. The van der Waals surface area contributed by atoms with E-state index >= 15 is 0 Å². The molecule has 2 N–H and O–H groups in total. The minimum absolute atomic E-state index is 0.0932. The van der Waals surface area contributed by atoms with Gasteiger partial charge in [0.1, 0.15) is 0 Å². The monoisotopic (exact) mass is 410 g/mol. The summed E-state index contributed by atoms with van der Waals surface area (Å²) in [4.78, 5) is 27.8. The van der Waals surface area contributed by atoms with Crippen molar-refractivity contribution in [1.29, 1.82) is 0 Å². The molecule has 6 heteroatoms. The Kier molecular flexibility index (Phi) is 7.44. The van der Waals surface area contributed by atoms with Crippen molar-refractivity contribution in [3.8, 4) is 0 Å². The standard InChI is InChI=1S/C19H28BrN3O2/c1-14(19(25)23(3)15-9-5-4-6-10-15)22(2)13-18(24)21-17-12-8-7-11-16(17)20/h7-8,11-12,14-15H,4-6,9-10,13H2,1-3H3,(H,21,24)/p+1/t14-/m0/s1. The Morgan fingerprint density at radius 1 is 1.28 bits per heavy atom. The summed E-state index contributed by atoms with van der Waals surface area (Å²) in [6.45, 7) is 2.16. The third-order valence-corrected chi connectivity index (χ3v) is 5.86. The lowest BCUT2D eigenvalue weighted by atomic mass is 9.94. The SMILES string of the molecule is C[C@@H](C(=O)N(C)C1CCCCC1)[NH+](C)CC(=O)Nc1ccccc1Br. The third-order valence-electron chi connectivity index (χ3n) is 5.17. The van der Waals surface area contributed by atoms with Crippen molar-refractivity contribution in [3.05, 3.63) is 28.7 Å². The van der Waals surface area contributed by atoms with Crippen LogP contribution in [0, 0.1) is 0 Å². The molecule has 0 aliphatic heterocycles. The molecule has 1 aromatic rings. The third kappa shape index (κ3) is 5.54. The van der Waals surface area contributed by atoms with Gasteiger partial charge in [-0.1, -0.05) is 31.4 Å². The zero-order valence-electron chi connectivity index (χ0n) is 15.3. The predicted octanol–water partition coefficient (Wildman–Crippen LogP) is 2.08. The van der Waals surface area contributed by atoms with Crippen LogP contribution in [0.5, 0.6) is 0 Å². The molecule has 0 heterocycles. The lowest BCUT2D eigenvalue weighted by molar-refractivity contribution is -0.886. The van der Waals surface area contributed by atoms with E-state index in [1.54, 1.807) is 0 Å². The van der Waals surface area contributed by atoms with E-state index in [9.17, 15) is 9.59 Å². The number of likely N-dealkylation sites (N-methyl/N-ethyl adjacent to an activating group) is 2. The number of hydrogen-bond donors (Lipinski definition) is 2. The molecule has 0 radical (unpaired) electrons. The Labute approximate surface area is 158 Å². The van der Waals surface area contributed by atoms with E-state index in [4.69, 9.17) is 0 Å². The molecule has 0 bridgehead atoms. The van der Waals surface area contributed by atoms with Gasteiger partial charge < -0.3 is 15.1 Å². The Morgan fingerprint density at radius 2 is 1.92 bits per heavy atom. The number of anilines is 1. The van der Waals surface area contributed by atoms with Crippen molar-refractivity contribution in [1.82, 2.24) is 4.90 Å². The second-order valence-electron chi connectivity index (χ2n) is 7.01. The maximum absolute atomic E-state index is 12.7. The van der Waals surface area contributed by atoms with Crippen LogP contribution >= 0.6 is 15.9 Å². The van der Waals surface area contributed by atoms with E-state index < -0.39 is 0 Å². The number of amides is 2. The first-order valence-electron chi connectivity index (χ1n) is 9.03. The number of carbonyl (C=O) groups is 2. The molecular weight excluding hydrogens is 382 g/mol. The molecule has 1 aliphatic rings. The molecule has 1 aromatic carbocycles. The average Bonchev–Trinajstić information content (AvgIpc) is 2.62. The van der Waals surface area contributed by atoms with Crippen LogP contribution in [0.1, 0.15) is 39.0 Å². The van der Waals surface area contributed by atoms with Crippen LogP contribution < -0.4 is 10.2 Å². The van der Waals surface area contributed by atoms with Crippen molar-refractivity contribution in [2.24, 2.45) is 0 Å². The molecule has 25 heavy (non-hydrogen) atoms. The van der Waals surface area contributed by atoms with E-state index in [-0.39, 0.29) is 24.4 Å². The number of hydrogen-bond acceptors (Lipinski definition) is 2. The molecule has 138 valence electrons. The van der Waals surface area contributed by atoms with Crippen LogP contribution in [0.2, 0.25) is 0 Å². The number of rotatable bonds is 6. The first-order valence-corrected chi connectivity index (χ1v) is 9.82. The minimum atomic E-state index is -0.239. The second kappa shape index (κ2) is 9.34. The molecular formula is C19H29BrN3O2+. The Bertz CT molecular complexity index is 602. The fraction of sp³-hybridized carbons (Fsp3) is 0.579. The topological polar surface area (TPSA) is 53.9 Å². The Hall–Kier alpha value is -1.40. The fourth-order valence-corrected chi connectivity index (χ4v) is 3.71. The summed E-state index contributed by atoms with van der Waals surface area (Å²) < 4.78 is 0.849. The van der Waals surface area contributed by atoms with Gasteiger partial charge in [-0.3, -0.25) is 9.59 Å². The maximum Gasteiger partial charge on any atom is 0.280 e. The number of nitrogens with one attached hydrogen (secondary N) is 2. The molecule has 1 unspecified atom stereocenters. The van der Waals surface area contributed by atoms with Crippen molar-refractivity contribution in [3.63, 3.8) is 0 Å². The average molecular weight is 411 g/mol. The summed E-state index contributed by atoms with van der Waals surface area (Å²) in [6.07, 6.45) is 5.86. The summed E-state index contributed by atoms with van der Waals surface area (Å²) >= 11 is 3.42. The van der Waals surface area contributed by atoms with Crippen molar-refractivity contribution >= 4 is 33.4 Å². The first-order chi connectivity index (χ1) is 11.9. The lowest BCUT2D eigenvalue weighted by Gasteiger charge is -2.33. The van der Waals surface area contributed by atoms with Gasteiger partial charge in [0.15, 0.2) is 12.6 Å². The predicted molar refractivity (Wildman–Crippen MR) is 104 cm³/mol. The quantitative estimate of drug-likeness (QED) is 0.753. The lowest BCUT2D eigenvalue weighted by Crippen LogP contribution is -3.15. The molecule has 2 atom stereocenters. The van der Waals surface area contributed by atoms with E-state index in [1.165, 1.54) is 19.3 Å². The van der Waals surface area contributed by atoms with Crippen LogP contribution in [0.25, 0.3) is 0 Å². The van der Waals surface area contributed by atoms with Crippen LogP contribution in [-0.2, 0) is 9.59 Å². The molecule has 2 rings (SSSR count). The number of nitrogens with zero attached hydrogens (tertiary/aromatic N) is 1. The summed E-state index contributed by atoms with van der Waals surface area (Å²) in [7, 11) is 3.81. The highest BCUT2D eigenvalue weighted by molar-refractivity contribution is 9.10. The molecule has 2 amide bonds. The highest BCUT2D eigenvalue weighted by Crippen LogP contribution is 2.22. The zero-order chi connectivity index (χ0) is 18.4. The van der Waals surface area contributed by atoms with Gasteiger partial charge in [-0.2, -0.15) is 0 Å². The molecule has 1 saturated carbocycles. The normalized spacial score (nSPS) is 17.6. The first kappa shape index (κ1) is 19.9. The van der Waals surface area contributed by atoms with Gasteiger partial charge in [0.2, 0.25) is 0 Å². The van der Waals surface area contributed by atoms with Crippen molar-refractivity contribution in [2.75, 3.05) is 26.0 Å².